The van der Waals surface area contributed by atoms with Crippen molar-refractivity contribution in [2.24, 2.45) is 5.92 Å². The first-order valence-electron chi connectivity index (χ1n) is 7.07. The van der Waals surface area contributed by atoms with Crippen molar-refractivity contribution in [3.63, 3.8) is 0 Å². The van der Waals surface area contributed by atoms with E-state index in [-0.39, 0.29) is 6.10 Å². The molecule has 3 nitrogen and oxygen atoms in total. The number of furan rings is 1. The Bertz CT molecular complexity index is 361. The van der Waals surface area contributed by atoms with E-state index in [2.05, 4.69) is 11.9 Å². The lowest BCUT2D eigenvalue weighted by molar-refractivity contribution is 0.0765. The molecule has 1 aromatic rings. The number of aryl methyl sites for hydroxylation is 1. The van der Waals surface area contributed by atoms with E-state index in [4.69, 9.17) is 4.42 Å². The summed E-state index contributed by atoms with van der Waals surface area (Å²) in [6, 6.07) is 4.04. The Balaban J connectivity index is 1.84. The van der Waals surface area contributed by atoms with Crippen molar-refractivity contribution < 1.29 is 9.52 Å². The normalized spacial score (nSPS) is 25.3. The molecule has 0 aliphatic heterocycles. The quantitative estimate of drug-likeness (QED) is 0.836. The molecule has 2 atom stereocenters. The van der Waals surface area contributed by atoms with E-state index in [9.17, 15) is 5.11 Å². The first kappa shape index (κ1) is 13.6. The molecular weight excluding hydrogens is 226 g/mol. The van der Waals surface area contributed by atoms with Gasteiger partial charge in [-0.05, 0) is 44.9 Å². The lowest BCUT2D eigenvalue weighted by Crippen LogP contribution is -2.32. The molecule has 0 spiro atoms. The van der Waals surface area contributed by atoms with E-state index in [1.165, 1.54) is 19.3 Å². The van der Waals surface area contributed by atoms with Crippen LogP contribution < -0.4 is 0 Å². The third kappa shape index (κ3) is 3.85. The Morgan fingerprint density at radius 3 is 2.78 bits per heavy atom. The number of nitrogens with zero attached hydrogens (tertiary/aromatic N) is 1. The SMILES string of the molecule is Cc1ccc(CN(C)CC2CCCCCC2O)o1. The van der Waals surface area contributed by atoms with Crippen LogP contribution >= 0.6 is 0 Å². The molecule has 0 aromatic carbocycles. The number of aliphatic hydroxyl groups is 1. The van der Waals surface area contributed by atoms with Crippen LogP contribution in [0.15, 0.2) is 16.5 Å². The van der Waals surface area contributed by atoms with Crippen molar-refractivity contribution in [2.45, 2.75) is 51.7 Å². The molecule has 1 aliphatic rings. The van der Waals surface area contributed by atoms with Gasteiger partial charge in [0, 0.05) is 6.54 Å². The summed E-state index contributed by atoms with van der Waals surface area (Å²) in [4.78, 5) is 2.26. The zero-order valence-corrected chi connectivity index (χ0v) is 11.6. The summed E-state index contributed by atoms with van der Waals surface area (Å²) in [5.74, 6) is 2.40. The van der Waals surface area contributed by atoms with Crippen molar-refractivity contribution >= 4 is 0 Å². The van der Waals surface area contributed by atoms with Crippen LogP contribution in [0.1, 0.15) is 43.6 Å². The molecule has 18 heavy (non-hydrogen) atoms. The first-order valence-corrected chi connectivity index (χ1v) is 7.07. The molecule has 1 saturated carbocycles. The third-order valence-electron chi connectivity index (χ3n) is 3.89. The summed E-state index contributed by atoms with van der Waals surface area (Å²) in [6.07, 6.45) is 5.72. The summed E-state index contributed by atoms with van der Waals surface area (Å²) in [7, 11) is 2.11. The van der Waals surface area contributed by atoms with Crippen LogP contribution in [0.3, 0.4) is 0 Å². The van der Waals surface area contributed by atoms with Gasteiger partial charge in [-0.15, -0.1) is 0 Å². The maximum atomic E-state index is 10.1. The zero-order chi connectivity index (χ0) is 13.0. The Labute approximate surface area is 110 Å². The van der Waals surface area contributed by atoms with Gasteiger partial charge in [-0.25, -0.2) is 0 Å². The van der Waals surface area contributed by atoms with E-state index in [1.807, 2.05) is 19.1 Å². The van der Waals surface area contributed by atoms with Crippen LogP contribution in [0.5, 0.6) is 0 Å². The van der Waals surface area contributed by atoms with Gasteiger partial charge in [0.2, 0.25) is 0 Å². The fourth-order valence-corrected chi connectivity index (χ4v) is 2.88. The minimum atomic E-state index is -0.117. The number of hydrogen-bond donors (Lipinski definition) is 1. The molecule has 1 aromatic heterocycles. The van der Waals surface area contributed by atoms with Crippen molar-refractivity contribution in [1.29, 1.82) is 0 Å². The highest BCUT2D eigenvalue weighted by atomic mass is 16.3. The number of aliphatic hydroxyl groups excluding tert-OH is 1. The Morgan fingerprint density at radius 1 is 1.28 bits per heavy atom. The molecule has 0 bridgehead atoms. The zero-order valence-electron chi connectivity index (χ0n) is 11.6. The Hall–Kier alpha value is -0.800. The fourth-order valence-electron chi connectivity index (χ4n) is 2.88. The second-order valence-electron chi connectivity index (χ2n) is 5.67. The van der Waals surface area contributed by atoms with Gasteiger partial charge in [0.25, 0.3) is 0 Å². The van der Waals surface area contributed by atoms with Gasteiger partial charge in [0.1, 0.15) is 11.5 Å². The maximum absolute atomic E-state index is 10.1. The summed E-state index contributed by atoms with van der Waals surface area (Å²) in [6.45, 7) is 3.76. The van der Waals surface area contributed by atoms with Gasteiger partial charge >= 0.3 is 0 Å². The molecular formula is C15H25NO2. The lowest BCUT2D eigenvalue weighted by Gasteiger charge is -2.25. The molecule has 2 rings (SSSR count). The minimum Gasteiger partial charge on any atom is -0.465 e. The van der Waals surface area contributed by atoms with E-state index in [1.54, 1.807) is 0 Å². The van der Waals surface area contributed by atoms with E-state index >= 15 is 0 Å². The number of hydrogen-bond acceptors (Lipinski definition) is 3. The molecule has 0 saturated heterocycles. The second kappa shape index (κ2) is 6.39. The highest BCUT2D eigenvalue weighted by molar-refractivity contribution is 5.05. The van der Waals surface area contributed by atoms with E-state index in [0.29, 0.717) is 5.92 Å². The van der Waals surface area contributed by atoms with E-state index in [0.717, 1.165) is 37.5 Å². The van der Waals surface area contributed by atoms with Gasteiger partial charge in [-0.1, -0.05) is 19.3 Å². The van der Waals surface area contributed by atoms with Crippen molar-refractivity contribution in [3.8, 4) is 0 Å². The van der Waals surface area contributed by atoms with Crippen LogP contribution in [0.4, 0.5) is 0 Å². The molecule has 0 radical (unpaired) electrons. The van der Waals surface area contributed by atoms with Crippen LogP contribution in [0, 0.1) is 12.8 Å². The van der Waals surface area contributed by atoms with Gasteiger partial charge in [0.05, 0.1) is 12.6 Å². The molecule has 1 aliphatic carbocycles. The smallest absolute Gasteiger partial charge is 0.118 e. The number of rotatable bonds is 4. The standard InChI is InChI=1S/C15H25NO2/c1-12-8-9-14(18-12)11-16(2)10-13-6-4-3-5-7-15(13)17/h8-9,13,15,17H,3-7,10-11H2,1-2H3. The largest absolute Gasteiger partial charge is 0.465 e. The average Bonchev–Trinajstić information content (AvgIpc) is 2.61. The van der Waals surface area contributed by atoms with Crippen LogP contribution in [0.2, 0.25) is 0 Å². The van der Waals surface area contributed by atoms with Crippen molar-refractivity contribution in [3.05, 3.63) is 23.7 Å². The first-order chi connectivity index (χ1) is 8.65. The molecule has 2 unspecified atom stereocenters. The highest BCUT2D eigenvalue weighted by Crippen LogP contribution is 2.24. The summed E-state index contributed by atoms with van der Waals surface area (Å²) in [5, 5.41) is 10.1. The second-order valence-corrected chi connectivity index (χ2v) is 5.67. The molecule has 1 heterocycles. The molecule has 0 amide bonds. The maximum Gasteiger partial charge on any atom is 0.118 e. The predicted octanol–water partition coefficient (Wildman–Crippen LogP) is 2.96. The van der Waals surface area contributed by atoms with Gasteiger partial charge in [-0.2, -0.15) is 0 Å². The molecule has 102 valence electrons. The summed E-state index contributed by atoms with van der Waals surface area (Å²) < 4.78 is 5.59. The molecule has 1 N–H and O–H groups in total. The van der Waals surface area contributed by atoms with Gasteiger partial charge < -0.3 is 9.52 Å². The third-order valence-corrected chi connectivity index (χ3v) is 3.89. The lowest BCUT2D eigenvalue weighted by atomic mass is 9.97. The minimum absolute atomic E-state index is 0.117. The Morgan fingerprint density at radius 2 is 2.06 bits per heavy atom. The fraction of sp³-hybridized carbons (Fsp3) is 0.733. The summed E-state index contributed by atoms with van der Waals surface area (Å²) in [5.41, 5.74) is 0. The predicted molar refractivity (Wildman–Crippen MR) is 72.4 cm³/mol. The van der Waals surface area contributed by atoms with Crippen LogP contribution in [0.25, 0.3) is 0 Å². The Kier molecular flexibility index (Phi) is 4.84. The topological polar surface area (TPSA) is 36.6 Å². The van der Waals surface area contributed by atoms with Gasteiger partial charge in [-0.3, -0.25) is 4.90 Å². The van der Waals surface area contributed by atoms with Crippen LogP contribution in [-0.4, -0.2) is 29.7 Å². The summed E-state index contributed by atoms with van der Waals surface area (Å²) >= 11 is 0. The van der Waals surface area contributed by atoms with E-state index < -0.39 is 0 Å². The molecule has 3 heteroatoms. The molecule has 1 fully saturated rings. The monoisotopic (exact) mass is 251 g/mol. The van der Waals surface area contributed by atoms with Crippen molar-refractivity contribution in [2.75, 3.05) is 13.6 Å². The average molecular weight is 251 g/mol. The van der Waals surface area contributed by atoms with Gasteiger partial charge in [0.15, 0.2) is 0 Å². The highest BCUT2D eigenvalue weighted by Gasteiger charge is 2.23. The van der Waals surface area contributed by atoms with Crippen molar-refractivity contribution in [1.82, 2.24) is 4.90 Å². The van der Waals surface area contributed by atoms with Crippen LogP contribution in [-0.2, 0) is 6.54 Å².